The number of fused-ring (bicyclic) bond motifs is 1. The normalized spacial score (nSPS) is 17.7. The predicted octanol–water partition coefficient (Wildman–Crippen LogP) is 2.47. The molecular formula is C16H16N2O2. The molecule has 0 fully saturated rings. The highest BCUT2D eigenvalue weighted by molar-refractivity contribution is 6.06. The van der Waals surface area contributed by atoms with Crippen LogP contribution in [0.4, 0.5) is 5.69 Å². The van der Waals surface area contributed by atoms with E-state index in [1.54, 1.807) is 29.4 Å². The third-order valence-corrected chi connectivity index (χ3v) is 3.61. The maximum atomic E-state index is 12.6. The molecule has 1 N–H and O–H groups in total. The lowest BCUT2D eigenvalue weighted by Crippen LogP contribution is -2.36. The largest absolute Gasteiger partial charge is 0.388 e. The summed E-state index contributed by atoms with van der Waals surface area (Å²) in [6.45, 7) is 2.50. The Bertz CT molecular complexity index is 640. The molecule has 0 aliphatic carbocycles. The van der Waals surface area contributed by atoms with Gasteiger partial charge in [0.25, 0.3) is 5.91 Å². The Hall–Kier alpha value is -2.20. The SMILES string of the molecule is Cc1ccc2c(c1)C(O)CCN2C(=O)c1cccnc1. The second-order valence-corrected chi connectivity index (χ2v) is 5.07. The summed E-state index contributed by atoms with van der Waals surface area (Å²) in [6.07, 6.45) is 3.28. The fraction of sp³-hybridized carbons (Fsp3) is 0.250. The molecule has 0 saturated heterocycles. The summed E-state index contributed by atoms with van der Waals surface area (Å²) in [5.41, 5.74) is 3.27. The van der Waals surface area contributed by atoms with Gasteiger partial charge in [-0.3, -0.25) is 9.78 Å². The number of aliphatic hydroxyl groups excluding tert-OH is 1. The first-order chi connectivity index (χ1) is 9.66. The van der Waals surface area contributed by atoms with Crippen LogP contribution in [0, 0.1) is 6.92 Å². The molecule has 4 heteroatoms. The first-order valence-electron chi connectivity index (χ1n) is 6.67. The smallest absolute Gasteiger partial charge is 0.259 e. The van der Waals surface area contributed by atoms with Crippen LogP contribution in [-0.4, -0.2) is 22.5 Å². The molecule has 102 valence electrons. The van der Waals surface area contributed by atoms with Crippen LogP contribution in [0.25, 0.3) is 0 Å². The molecule has 1 amide bonds. The Morgan fingerprint density at radius 3 is 3.00 bits per heavy atom. The quantitative estimate of drug-likeness (QED) is 0.864. The Labute approximate surface area is 117 Å². The van der Waals surface area contributed by atoms with E-state index in [1.807, 2.05) is 25.1 Å². The van der Waals surface area contributed by atoms with Crippen molar-refractivity contribution < 1.29 is 9.90 Å². The molecule has 2 heterocycles. The van der Waals surface area contributed by atoms with E-state index in [0.717, 1.165) is 16.8 Å². The highest BCUT2D eigenvalue weighted by Crippen LogP contribution is 2.35. The number of nitrogens with zero attached hydrogens (tertiary/aromatic N) is 2. The molecule has 4 nitrogen and oxygen atoms in total. The molecule has 1 atom stereocenters. The van der Waals surface area contributed by atoms with E-state index in [-0.39, 0.29) is 5.91 Å². The number of rotatable bonds is 1. The van der Waals surface area contributed by atoms with Crippen molar-refractivity contribution in [1.82, 2.24) is 4.98 Å². The molecule has 1 aliphatic rings. The fourth-order valence-corrected chi connectivity index (χ4v) is 2.57. The van der Waals surface area contributed by atoms with E-state index in [1.165, 1.54) is 0 Å². The van der Waals surface area contributed by atoms with Gasteiger partial charge >= 0.3 is 0 Å². The van der Waals surface area contributed by atoms with Crippen LogP contribution in [0.2, 0.25) is 0 Å². The van der Waals surface area contributed by atoms with Crippen molar-refractivity contribution in [3.8, 4) is 0 Å². The summed E-state index contributed by atoms with van der Waals surface area (Å²) in [6, 6.07) is 9.32. The van der Waals surface area contributed by atoms with Gasteiger partial charge in [0.05, 0.1) is 11.7 Å². The Morgan fingerprint density at radius 2 is 2.25 bits per heavy atom. The monoisotopic (exact) mass is 268 g/mol. The van der Waals surface area contributed by atoms with Gasteiger partial charge in [0.15, 0.2) is 0 Å². The Kier molecular flexibility index (Phi) is 3.24. The van der Waals surface area contributed by atoms with Crippen molar-refractivity contribution in [2.75, 3.05) is 11.4 Å². The second kappa shape index (κ2) is 5.06. The molecule has 0 radical (unpaired) electrons. The zero-order valence-corrected chi connectivity index (χ0v) is 11.3. The summed E-state index contributed by atoms with van der Waals surface area (Å²) in [4.78, 5) is 18.3. The van der Waals surface area contributed by atoms with E-state index >= 15 is 0 Å². The minimum Gasteiger partial charge on any atom is -0.388 e. The number of aryl methyl sites for hydroxylation is 1. The van der Waals surface area contributed by atoms with Crippen LogP contribution in [-0.2, 0) is 0 Å². The second-order valence-electron chi connectivity index (χ2n) is 5.07. The molecule has 0 bridgehead atoms. The molecule has 0 spiro atoms. The number of benzene rings is 1. The lowest BCUT2D eigenvalue weighted by molar-refractivity contribution is 0.0970. The number of amides is 1. The maximum Gasteiger partial charge on any atom is 0.259 e. The van der Waals surface area contributed by atoms with E-state index in [2.05, 4.69) is 4.98 Å². The van der Waals surface area contributed by atoms with Crippen LogP contribution >= 0.6 is 0 Å². The molecule has 2 aromatic rings. The van der Waals surface area contributed by atoms with Crippen LogP contribution in [0.3, 0.4) is 0 Å². The number of carbonyl (C=O) groups is 1. The number of pyridine rings is 1. The molecular weight excluding hydrogens is 252 g/mol. The topological polar surface area (TPSA) is 53.4 Å². The van der Waals surface area contributed by atoms with Gasteiger partial charge in [-0.2, -0.15) is 0 Å². The molecule has 1 aromatic carbocycles. The van der Waals surface area contributed by atoms with Crippen molar-refractivity contribution >= 4 is 11.6 Å². The first kappa shape index (κ1) is 12.8. The lowest BCUT2D eigenvalue weighted by atomic mass is 9.96. The van der Waals surface area contributed by atoms with Crippen molar-refractivity contribution in [3.05, 3.63) is 59.4 Å². The van der Waals surface area contributed by atoms with Gasteiger partial charge in [-0.25, -0.2) is 0 Å². The van der Waals surface area contributed by atoms with Crippen molar-refractivity contribution in [2.24, 2.45) is 0 Å². The molecule has 20 heavy (non-hydrogen) atoms. The third kappa shape index (κ3) is 2.18. The fourth-order valence-electron chi connectivity index (χ4n) is 2.57. The van der Waals surface area contributed by atoms with Crippen molar-refractivity contribution in [3.63, 3.8) is 0 Å². The van der Waals surface area contributed by atoms with Gasteiger partial charge in [0.2, 0.25) is 0 Å². The number of aliphatic hydroxyl groups is 1. The van der Waals surface area contributed by atoms with Crippen LogP contribution in [0.5, 0.6) is 0 Å². The molecule has 1 aliphatic heterocycles. The van der Waals surface area contributed by atoms with Crippen molar-refractivity contribution in [1.29, 1.82) is 0 Å². The molecule has 1 unspecified atom stereocenters. The number of hydrogen-bond acceptors (Lipinski definition) is 3. The zero-order valence-electron chi connectivity index (χ0n) is 11.3. The van der Waals surface area contributed by atoms with Crippen LogP contribution < -0.4 is 4.90 Å². The minimum absolute atomic E-state index is 0.0740. The number of anilines is 1. The Morgan fingerprint density at radius 1 is 1.40 bits per heavy atom. The number of aromatic nitrogens is 1. The van der Waals surface area contributed by atoms with E-state index in [4.69, 9.17) is 0 Å². The molecule has 3 rings (SSSR count). The van der Waals surface area contributed by atoms with Gasteiger partial charge in [0.1, 0.15) is 0 Å². The zero-order chi connectivity index (χ0) is 14.1. The maximum absolute atomic E-state index is 12.6. The first-order valence-corrected chi connectivity index (χ1v) is 6.67. The standard InChI is InChI=1S/C16H16N2O2/c1-11-4-5-14-13(9-11)15(19)6-8-18(14)16(20)12-3-2-7-17-10-12/h2-5,7,9-10,15,19H,6,8H2,1H3. The summed E-state index contributed by atoms with van der Waals surface area (Å²) in [7, 11) is 0. The van der Waals surface area contributed by atoms with E-state index in [0.29, 0.717) is 18.5 Å². The summed E-state index contributed by atoms with van der Waals surface area (Å²) in [5.74, 6) is -0.0740. The van der Waals surface area contributed by atoms with Gasteiger partial charge in [-0.1, -0.05) is 17.7 Å². The van der Waals surface area contributed by atoms with Crippen LogP contribution in [0.15, 0.2) is 42.7 Å². The Balaban J connectivity index is 2.01. The van der Waals surface area contributed by atoms with E-state index < -0.39 is 6.10 Å². The lowest BCUT2D eigenvalue weighted by Gasteiger charge is -2.32. The minimum atomic E-state index is -0.497. The highest BCUT2D eigenvalue weighted by Gasteiger charge is 2.28. The highest BCUT2D eigenvalue weighted by atomic mass is 16.3. The van der Waals surface area contributed by atoms with Gasteiger partial charge < -0.3 is 10.0 Å². The molecule has 0 saturated carbocycles. The van der Waals surface area contributed by atoms with Crippen molar-refractivity contribution in [2.45, 2.75) is 19.4 Å². The average molecular weight is 268 g/mol. The summed E-state index contributed by atoms with van der Waals surface area (Å²) in [5, 5.41) is 10.1. The number of carbonyl (C=O) groups excluding carboxylic acids is 1. The predicted molar refractivity (Wildman–Crippen MR) is 76.7 cm³/mol. The van der Waals surface area contributed by atoms with Gasteiger partial charge in [0, 0.05) is 30.2 Å². The van der Waals surface area contributed by atoms with Gasteiger partial charge in [-0.15, -0.1) is 0 Å². The average Bonchev–Trinajstić information content (AvgIpc) is 2.48. The summed E-state index contributed by atoms with van der Waals surface area (Å²) < 4.78 is 0. The number of hydrogen-bond donors (Lipinski definition) is 1. The summed E-state index contributed by atoms with van der Waals surface area (Å²) >= 11 is 0. The molecule has 1 aromatic heterocycles. The van der Waals surface area contributed by atoms with Gasteiger partial charge in [-0.05, 0) is 31.5 Å². The van der Waals surface area contributed by atoms with Crippen LogP contribution in [0.1, 0.15) is 34.0 Å². The van der Waals surface area contributed by atoms with E-state index in [9.17, 15) is 9.90 Å². The third-order valence-electron chi connectivity index (χ3n) is 3.61.